The Kier molecular flexibility index (Phi) is 2.03. The first kappa shape index (κ1) is 8.62. The smallest absolute Gasteiger partial charge is 0.240 e. The van der Waals surface area contributed by atoms with Crippen molar-refractivity contribution in [2.75, 3.05) is 0 Å². The predicted octanol–water partition coefficient (Wildman–Crippen LogP) is 1.55. The van der Waals surface area contributed by atoms with E-state index in [-0.39, 0.29) is 10.9 Å². The zero-order valence-corrected chi connectivity index (χ0v) is 8.74. The number of rotatable bonds is 1. The van der Waals surface area contributed by atoms with E-state index in [1.165, 1.54) is 0 Å². The molecule has 0 N–H and O–H groups in total. The van der Waals surface area contributed by atoms with Gasteiger partial charge in [-0.2, -0.15) is 0 Å². The fourth-order valence-corrected chi connectivity index (χ4v) is 2.03. The molecule has 0 spiro atoms. The molecule has 0 aromatic heterocycles. The van der Waals surface area contributed by atoms with Crippen LogP contribution in [0.4, 0.5) is 0 Å². The standard InChI is InChI=1S/C10H5IO2/c11-8-7(9(12)10(8)13)6-4-2-1-3-5-6/h1-5H. The second-order valence-electron chi connectivity index (χ2n) is 2.71. The summed E-state index contributed by atoms with van der Waals surface area (Å²) in [4.78, 5) is 22.1. The molecule has 3 heteroatoms. The maximum Gasteiger partial charge on any atom is 0.240 e. The third kappa shape index (κ3) is 1.23. The maximum atomic E-state index is 11.2. The van der Waals surface area contributed by atoms with Gasteiger partial charge < -0.3 is 0 Å². The van der Waals surface area contributed by atoms with Crippen LogP contribution in [0.25, 0.3) is 11.1 Å². The van der Waals surface area contributed by atoms with Crippen LogP contribution in [0, 0.1) is 3.57 Å². The average Bonchev–Trinajstić information content (AvgIpc) is 2.19. The van der Waals surface area contributed by atoms with E-state index in [0.29, 0.717) is 9.13 Å². The molecule has 0 saturated carbocycles. The average molecular weight is 284 g/mol. The van der Waals surface area contributed by atoms with Gasteiger partial charge in [0.15, 0.2) is 0 Å². The summed E-state index contributed by atoms with van der Waals surface area (Å²) < 4.78 is 0.550. The quantitative estimate of drug-likeness (QED) is 0.588. The Hall–Kier alpha value is -0.970. The first-order valence-corrected chi connectivity index (χ1v) is 4.84. The van der Waals surface area contributed by atoms with Crippen molar-refractivity contribution in [3.63, 3.8) is 0 Å². The van der Waals surface area contributed by atoms with Crippen molar-refractivity contribution in [2.24, 2.45) is 0 Å². The normalized spacial score (nSPS) is 10.5. The van der Waals surface area contributed by atoms with Crippen LogP contribution in [0.2, 0.25) is 0 Å². The first-order valence-electron chi connectivity index (χ1n) is 3.76. The van der Waals surface area contributed by atoms with Gasteiger partial charge in [-0.3, -0.25) is 9.59 Å². The zero-order valence-electron chi connectivity index (χ0n) is 6.58. The van der Waals surface area contributed by atoms with Crippen LogP contribution in [0.3, 0.4) is 0 Å². The zero-order chi connectivity index (χ0) is 9.42. The minimum atomic E-state index is -0.365. The van der Waals surface area contributed by atoms with E-state index in [4.69, 9.17) is 0 Å². The molecule has 0 aliphatic heterocycles. The largest absolute Gasteiger partial charge is 0.285 e. The number of hydrogen-bond donors (Lipinski definition) is 0. The topological polar surface area (TPSA) is 34.1 Å². The fraction of sp³-hybridized carbons (Fsp3) is 0. The van der Waals surface area contributed by atoms with E-state index >= 15 is 0 Å². The van der Waals surface area contributed by atoms with Crippen LogP contribution in [-0.2, 0) is 0 Å². The van der Waals surface area contributed by atoms with Gasteiger partial charge in [-0.1, -0.05) is 30.3 Å². The van der Waals surface area contributed by atoms with Crippen molar-refractivity contribution in [1.29, 1.82) is 0 Å². The van der Waals surface area contributed by atoms with Crippen molar-refractivity contribution >= 4 is 22.6 Å². The van der Waals surface area contributed by atoms with Gasteiger partial charge in [-0.25, -0.2) is 0 Å². The van der Waals surface area contributed by atoms with E-state index in [0.717, 1.165) is 5.56 Å². The summed E-state index contributed by atoms with van der Waals surface area (Å²) in [5, 5.41) is 0. The molecule has 0 bridgehead atoms. The Balaban J connectivity index is 2.63. The molecule has 2 aromatic rings. The summed E-state index contributed by atoms with van der Waals surface area (Å²) in [6.07, 6.45) is 0. The monoisotopic (exact) mass is 284 g/mol. The number of benzene rings is 1. The summed E-state index contributed by atoms with van der Waals surface area (Å²) in [5.74, 6) is 0. The lowest BCUT2D eigenvalue weighted by molar-refractivity contribution is 1.36. The first-order chi connectivity index (χ1) is 6.22. The molecule has 2 aromatic carbocycles. The van der Waals surface area contributed by atoms with Crippen molar-refractivity contribution in [3.05, 3.63) is 54.3 Å². The van der Waals surface area contributed by atoms with Gasteiger partial charge in [-0.15, -0.1) is 0 Å². The van der Waals surface area contributed by atoms with E-state index < -0.39 is 0 Å². The second kappa shape index (κ2) is 3.06. The summed E-state index contributed by atoms with van der Waals surface area (Å²) in [6, 6.07) is 9.24. The maximum absolute atomic E-state index is 11.2. The molecule has 0 aliphatic carbocycles. The molecule has 0 aliphatic rings. The molecule has 2 nitrogen and oxygen atoms in total. The SMILES string of the molecule is O=c1c(I)c(-c2ccccc2)c1=O. The Bertz CT molecular complexity index is 507. The molecule has 0 unspecified atom stereocenters. The van der Waals surface area contributed by atoms with Crippen molar-refractivity contribution in [2.45, 2.75) is 0 Å². The highest BCUT2D eigenvalue weighted by atomic mass is 127. The Morgan fingerprint density at radius 2 is 1.54 bits per heavy atom. The van der Waals surface area contributed by atoms with Gasteiger partial charge in [0.25, 0.3) is 0 Å². The van der Waals surface area contributed by atoms with Crippen LogP contribution in [0.15, 0.2) is 39.9 Å². The summed E-state index contributed by atoms with van der Waals surface area (Å²) in [6.45, 7) is 0. The van der Waals surface area contributed by atoms with Gasteiger partial charge in [0, 0.05) is 0 Å². The van der Waals surface area contributed by atoms with E-state index in [1.807, 2.05) is 52.9 Å². The highest BCUT2D eigenvalue weighted by Crippen LogP contribution is 2.19. The molecular formula is C10H5IO2. The van der Waals surface area contributed by atoms with Gasteiger partial charge in [-0.05, 0) is 28.2 Å². The van der Waals surface area contributed by atoms with E-state index in [9.17, 15) is 9.59 Å². The van der Waals surface area contributed by atoms with Gasteiger partial charge in [0.1, 0.15) is 0 Å². The molecule has 0 radical (unpaired) electrons. The molecule has 0 atom stereocenters. The molecule has 0 heterocycles. The third-order valence-corrected chi connectivity index (χ3v) is 2.94. The lowest BCUT2D eigenvalue weighted by Gasteiger charge is -2.04. The van der Waals surface area contributed by atoms with Crippen molar-refractivity contribution in [1.82, 2.24) is 0 Å². The van der Waals surface area contributed by atoms with Crippen molar-refractivity contribution < 1.29 is 0 Å². The molecule has 0 amide bonds. The van der Waals surface area contributed by atoms with Crippen LogP contribution >= 0.6 is 22.6 Å². The molecule has 2 rings (SSSR count). The molecule has 0 saturated heterocycles. The van der Waals surface area contributed by atoms with Crippen LogP contribution in [-0.4, -0.2) is 0 Å². The number of halogens is 1. The van der Waals surface area contributed by atoms with Crippen LogP contribution in [0.1, 0.15) is 0 Å². The predicted molar refractivity (Wildman–Crippen MR) is 59.5 cm³/mol. The van der Waals surface area contributed by atoms with Gasteiger partial charge in [0.05, 0.1) is 9.13 Å². The summed E-state index contributed by atoms with van der Waals surface area (Å²) in [5.41, 5.74) is 0.665. The van der Waals surface area contributed by atoms with Crippen molar-refractivity contribution in [3.8, 4) is 11.1 Å². The highest BCUT2D eigenvalue weighted by molar-refractivity contribution is 14.1. The lowest BCUT2D eigenvalue weighted by Crippen LogP contribution is -2.35. The Labute approximate surface area is 88.1 Å². The van der Waals surface area contributed by atoms with E-state index in [1.54, 1.807) is 0 Å². The Morgan fingerprint density at radius 3 is 2.08 bits per heavy atom. The molecule has 64 valence electrons. The highest BCUT2D eigenvalue weighted by Gasteiger charge is 2.18. The van der Waals surface area contributed by atoms with E-state index in [2.05, 4.69) is 0 Å². The van der Waals surface area contributed by atoms with Crippen LogP contribution in [0.5, 0.6) is 0 Å². The lowest BCUT2D eigenvalue weighted by atomic mass is 10.0. The van der Waals surface area contributed by atoms with Gasteiger partial charge in [0.2, 0.25) is 10.9 Å². The molecule has 0 fully saturated rings. The fourth-order valence-electron chi connectivity index (χ4n) is 1.23. The minimum Gasteiger partial charge on any atom is -0.285 e. The number of hydrogen-bond acceptors (Lipinski definition) is 2. The molecular weight excluding hydrogens is 279 g/mol. The Morgan fingerprint density at radius 1 is 0.923 bits per heavy atom. The third-order valence-electron chi connectivity index (χ3n) is 1.91. The van der Waals surface area contributed by atoms with Gasteiger partial charge >= 0.3 is 0 Å². The minimum absolute atomic E-state index is 0.362. The second-order valence-corrected chi connectivity index (χ2v) is 3.79. The molecule has 13 heavy (non-hydrogen) atoms. The van der Waals surface area contributed by atoms with Crippen LogP contribution < -0.4 is 10.9 Å². The summed E-state index contributed by atoms with van der Waals surface area (Å²) >= 11 is 1.91. The summed E-state index contributed by atoms with van der Waals surface area (Å²) in [7, 11) is 0.